The number of aliphatic hydroxyl groups excluding tert-OH is 2. The highest BCUT2D eigenvalue weighted by molar-refractivity contribution is 9.10. The number of carbonyl (C=O) groups is 1. The lowest BCUT2D eigenvalue weighted by Crippen LogP contribution is -2.27. The van der Waals surface area contributed by atoms with E-state index in [2.05, 4.69) is 20.9 Å². The SMILES string of the molecule is O=C(O)C(O)C(O)c1ccnc(Br)c1. The van der Waals surface area contributed by atoms with Gasteiger partial charge in [-0.15, -0.1) is 0 Å². The minimum absolute atomic E-state index is 0.293. The molecule has 0 aliphatic carbocycles. The first-order valence-corrected chi connectivity index (χ1v) is 4.52. The van der Waals surface area contributed by atoms with E-state index in [1.165, 1.54) is 18.3 Å². The highest BCUT2D eigenvalue weighted by Crippen LogP contribution is 2.19. The normalized spacial score (nSPS) is 14.8. The summed E-state index contributed by atoms with van der Waals surface area (Å²) < 4.78 is 0.464. The van der Waals surface area contributed by atoms with E-state index in [9.17, 15) is 9.90 Å². The summed E-state index contributed by atoms with van der Waals surface area (Å²) in [7, 11) is 0. The maximum absolute atomic E-state index is 10.4. The van der Waals surface area contributed by atoms with Crippen molar-refractivity contribution in [3.05, 3.63) is 28.5 Å². The van der Waals surface area contributed by atoms with Gasteiger partial charge in [0, 0.05) is 6.20 Å². The molecule has 0 saturated heterocycles. The van der Waals surface area contributed by atoms with Crippen molar-refractivity contribution >= 4 is 21.9 Å². The van der Waals surface area contributed by atoms with Crippen LogP contribution in [-0.2, 0) is 4.79 Å². The molecule has 1 rings (SSSR count). The quantitative estimate of drug-likeness (QED) is 0.682. The highest BCUT2D eigenvalue weighted by atomic mass is 79.9. The lowest BCUT2D eigenvalue weighted by atomic mass is 10.1. The summed E-state index contributed by atoms with van der Waals surface area (Å²) in [6, 6.07) is 2.87. The van der Waals surface area contributed by atoms with Crippen molar-refractivity contribution in [3.63, 3.8) is 0 Å². The number of rotatable bonds is 3. The molecular weight excluding hydrogens is 254 g/mol. The maximum Gasteiger partial charge on any atom is 0.335 e. The zero-order chi connectivity index (χ0) is 10.7. The largest absolute Gasteiger partial charge is 0.479 e. The van der Waals surface area contributed by atoms with Crippen LogP contribution in [0.15, 0.2) is 22.9 Å². The Bertz CT molecular complexity index is 344. The number of aromatic nitrogens is 1. The van der Waals surface area contributed by atoms with Crippen LogP contribution in [0.5, 0.6) is 0 Å². The van der Waals surface area contributed by atoms with Crippen molar-refractivity contribution in [1.82, 2.24) is 4.98 Å². The van der Waals surface area contributed by atoms with Crippen molar-refractivity contribution in [2.75, 3.05) is 0 Å². The second-order valence-electron chi connectivity index (χ2n) is 2.64. The Balaban J connectivity index is 2.89. The fraction of sp³-hybridized carbons (Fsp3) is 0.250. The lowest BCUT2D eigenvalue weighted by Gasteiger charge is -2.13. The molecule has 0 aromatic carbocycles. The zero-order valence-electron chi connectivity index (χ0n) is 6.96. The van der Waals surface area contributed by atoms with Crippen molar-refractivity contribution in [3.8, 4) is 0 Å². The molecule has 0 spiro atoms. The number of aliphatic carboxylic acids is 1. The molecule has 5 nitrogen and oxygen atoms in total. The van der Waals surface area contributed by atoms with Crippen LogP contribution in [0.4, 0.5) is 0 Å². The third kappa shape index (κ3) is 2.50. The summed E-state index contributed by atoms with van der Waals surface area (Å²) in [5.41, 5.74) is 0.293. The topological polar surface area (TPSA) is 90.7 Å². The van der Waals surface area contributed by atoms with E-state index in [4.69, 9.17) is 10.2 Å². The molecule has 6 heteroatoms. The second kappa shape index (κ2) is 4.50. The van der Waals surface area contributed by atoms with E-state index in [0.717, 1.165) is 0 Å². The van der Waals surface area contributed by atoms with Gasteiger partial charge in [0.05, 0.1) is 0 Å². The molecule has 0 aliphatic rings. The summed E-state index contributed by atoms with van der Waals surface area (Å²) >= 11 is 3.07. The lowest BCUT2D eigenvalue weighted by molar-refractivity contribution is -0.153. The van der Waals surface area contributed by atoms with Crippen LogP contribution in [0, 0.1) is 0 Å². The van der Waals surface area contributed by atoms with Gasteiger partial charge < -0.3 is 15.3 Å². The number of carboxylic acid groups (broad SMARTS) is 1. The first kappa shape index (κ1) is 11.1. The van der Waals surface area contributed by atoms with Crippen molar-refractivity contribution < 1.29 is 20.1 Å². The van der Waals surface area contributed by atoms with E-state index in [1.807, 2.05) is 0 Å². The van der Waals surface area contributed by atoms with Crippen LogP contribution in [-0.4, -0.2) is 32.4 Å². The van der Waals surface area contributed by atoms with Gasteiger partial charge in [0.2, 0.25) is 0 Å². The minimum Gasteiger partial charge on any atom is -0.479 e. The summed E-state index contributed by atoms with van der Waals surface area (Å²) in [6.07, 6.45) is -1.88. The molecule has 0 fully saturated rings. The predicted octanol–water partition coefficient (Wildman–Crippen LogP) is 0.323. The first-order valence-electron chi connectivity index (χ1n) is 3.72. The van der Waals surface area contributed by atoms with Crippen LogP contribution in [0.3, 0.4) is 0 Å². The van der Waals surface area contributed by atoms with Gasteiger partial charge in [-0.05, 0) is 33.6 Å². The average Bonchev–Trinajstić information content (AvgIpc) is 2.15. The van der Waals surface area contributed by atoms with Crippen molar-refractivity contribution in [2.45, 2.75) is 12.2 Å². The Morgan fingerprint density at radius 3 is 2.64 bits per heavy atom. The minimum atomic E-state index is -1.83. The van der Waals surface area contributed by atoms with E-state index in [0.29, 0.717) is 10.2 Å². The number of pyridine rings is 1. The molecule has 0 bridgehead atoms. The number of halogens is 1. The molecule has 2 unspecified atom stereocenters. The number of aliphatic hydroxyl groups is 2. The third-order valence-electron chi connectivity index (χ3n) is 1.64. The average molecular weight is 262 g/mol. The molecular formula is C8H8BrNO4. The molecule has 3 N–H and O–H groups in total. The fourth-order valence-electron chi connectivity index (χ4n) is 0.919. The van der Waals surface area contributed by atoms with Gasteiger partial charge in [0.25, 0.3) is 0 Å². The first-order chi connectivity index (χ1) is 6.52. The van der Waals surface area contributed by atoms with Crippen LogP contribution >= 0.6 is 15.9 Å². The van der Waals surface area contributed by atoms with Gasteiger partial charge in [-0.1, -0.05) is 0 Å². The van der Waals surface area contributed by atoms with Crippen LogP contribution in [0.1, 0.15) is 11.7 Å². The number of hydrogen-bond donors (Lipinski definition) is 3. The summed E-state index contributed by atoms with van der Waals surface area (Å²) in [6.45, 7) is 0. The smallest absolute Gasteiger partial charge is 0.335 e. The molecule has 1 heterocycles. The highest BCUT2D eigenvalue weighted by Gasteiger charge is 2.25. The summed E-state index contributed by atoms with van der Waals surface area (Å²) in [5, 5.41) is 26.9. The van der Waals surface area contributed by atoms with Crippen LogP contribution in [0.2, 0.25) is 0 Å². The Hall–Kier alpha value is -0.980. The molecule has 1 aromatic rings. The Morgan fingerprint density at radius 2 is 2.14 bits per heavy atom. The monoisotopic (exact) mass is 261 g/mol. The van der Waals surface area contributed by atoms with Gasteiger partial charge in [-0.2, -0.15) is 0 Å². The fourth-order valence-corrected chi connectivity index (χ4v) is 1.30. The number of carboxylic acids is 1. The standard InChI is InChI=1S/C8H8BrNO4/c9-5-3-4(1-2-10-5)6(11)7(12)8(13)14/h1-3,6-7,11-12H,(H,13,14). The van der Waals surface area contributed by atoms with E-state index in [-0.39, 0.29) is 0 Å². The second-order valence-corrected chi connectivity index (χ2v) is 3.45. The zero-order valence-corrected chi connectivity index (χ0v) is 8.55. The van der Waals surface area contributed by atoms with Crippen LogP contribution < -0.4 is 0 Å². The molecule has 1 aromatic heterocycles. The Kier molecular flexibility index (Phi) is 3.56. The molecule has 14 heavy (non-hydrogen) atoms. The third-order valence-corrected chi connectivity index (χ3v) is 2.08. The number of nitrogens with zero attached hydrogens (tertiary/aromatic N) is 1. The van der Waals surface area contributed by atoms with E-state index in [1.54, 1.807) is 0 Å². The van der Waals surface area contributed by atoms with Gasteiger partial charge >= 0.3 is 5.97 Å². The predicted molar refractivity (Wildman–Crippen MR) is 50.5 cm³/mol. The van der Waals surface area contributed by atoms with Gasteiger partial charge in [-0.25, -0.2) is 9.78 Å². The van der Waals surface area contributed by atoms with E-state index >= 15 is 0 Å². The Morgan fingerprint density at radius 1 is 1.50 bits per heavy atom. The van der Waals surface area contributed by atoms with Gasteiger partial charge in [0.1, 0.15) is 10.7 Å². The summed E-state index contributed by atoms with van der Waals surface area (Å²) in [4.78, 5) is 14.2. The van der Waals surface area contributed by atoms with Gasteiger partial charge in [0.15, 0.2) is 6.10 Å². The van der Waals surface area contributed by atoms with Gasteiger partial charge in [-0.3, -0.25) is 0 Å². The maximum atomic E-state index is 10.4. The molecule has 0 saturated carbocycles. The number of hydrogen-bond acceptors (Lipinski definition) is 4. The van der Waals surface area contributed by atoms with Crippen molar-refractivity contribution in [2.24, 2.45) is 0 Å². The van der Waals surface area contributed by atoms with E-state index < -0.39 is 18.2 Å². The molecule has 0 radical (unpaired) electrons. The molecule has 0 aliphatic heterocycles. The molecule has 2 atom stereocenters. The molecule has 0 amide bonds. The van der Waals surface area contributed by atoms with Crippen molar-refractivity contribution in [1.29, 1.82) is 0 Å². The molecule has 76 valence electrons. The Labute approximate surface area is 88.2 Å². The van der Waals surface area contributed by atoms with Crippen LogP contribution in [0.25, 0.3) is 0 Å². The summed E-state index contributed by atoms with van der Waals surface area (Å²) in [5.74, 6) is -1.47.